The van der Waals surface area contributed by atoms with Crippen molar-refractivity contribution in [1.29, 1.82) is 0 Å². The molecule has 2 aromatic carbocycles. The van der Waals surface area contributed by atoms with Gasteiger partial charge < -0.3 is 14.2 Å². The lowest BCUT2D eigenvalue weighted by Gasteiger charge is -2.24. The van der Waals surface area contributed by atoms with Crippen LogP contribution in [0.25, 0.3) is 5.69 Å². The Morgan fingerprint density at radius 3 is 2.67 bits per heavy atom. The molecule has 1 unspecified atom stereocenters. The van der Waals surface area contributed by atoms with Gasteiger partial charge in [-0.15, -0.1) is 0 Å². The summed E-state index contributed by atoms with van der Waals surface area (Å²) in [6, 6.07) is 18.6. The van der Waals surface area contributed by atoms with Crippen molar-refractivity contribution in [2.24, 2.45) is 0 Å². The molecule has 4 heteroatoms. The SMILES string of the molecule is Cc1ccc(N2CCOC2c2ccn(-c3cccc(Cl)c3)c2)cc1. The molecule has 1 fully saturated rings. The quantitative estimate of drug-likeness (QED) is 0.670. The van der Waals surface area contributed by atoms with Gasteiger partial charge in [0, 0.05) is 40.9 Å². The third-order valence-electron chi connectivity index (χ3n) is 4.36. The summed E-state index contributed by atoms with van der Waals surface area (Å²) in [5, 5.41) is 0.737. The number of halogens is 1. The van der Waals surface area contributed by atoms with Crippen LogP contribution >= 0.6 is 11.6 Å². The molecule has 0 N–H and O–H groups in total. The minimum atomic E-state index is -0.0480. The normalized spacial score (nSPS) is 17.4. The van der Waals surface area contributed by atoms with Crippen LogP contribution in [0.2, 0.25) is 5.02 Å². The molecule has 0 saturated carbocycles. The second-order valence-corrected chi connectivity index (χ2v) is 6.52. The number of hydrogen-bond donors (Lipinski definition) is 0. The molecule has 4 rings (SSSR count). The van der Waals surface area contributed by atoms with Crippen LogP contribution in [-0.4, -0.2) is 17.7 Å². The van der Waals surface area contributed by atoms with Crippen molar-refractivity contribution in [2.45, 2.75) is 13.2 Å². The highest BCUT2D eigenvalue weighted by molar-refractivity contribution is 6.30. The average Bonchev–Trinajstić information content (AvgIpc) is 3.24. The van der Waals surface area contributed by atoms with Crippen molar-refractivity contribution in [3.8, 4) is 5.69 Å². The van der Waals surface area contributed by atoms with Gasteiger partial charge in [0.25, 0.3) is 0 Å². The van der Waals surface area contributed by atoms with Gasteiger partial charge >= 0.3 is 0 Å². The van der Waals surface area contributed by atoms with Gasteiger partial charge in [0.15, 0.2) is 6.23 Å². The molecule has 0 amide bonds. The lowest BCUT2D eigenvalue weighted by atomic mass is 10.2. The molecule has 0 aliphatic carbocycles. The van der Waals surface area contributed by atoms with Crippen LogP contribution in [0.3, 0.4) is 0 Å². The molecule has 3 aromatic rings. The first-order valence-corrected chi connectivity index (χ1v) is 8.47. The maximum Gasteiger partial charge on any atom is 0.158 e. The van der Waals surface area contributed by atoms with E-state index >= 15 is 0 Å². The van der Waals surface area contributed by atoms with E-state index in [1.807, 2.05) is 24.3 Å². The van der Waals surface area contributed by atoms with Crippen molar-refractivity contribution in [1.82, 2.24) is 4.57 Å². The van der Waals surface area contributed by atoms with Gasteiger partial charge in [0.2, 0.25) is 0 Å². The van der Waals surface area contributed by atoms with E-state index in [0.717, 1.165) is 29.4 Å². The van der Waals surface area contributed by atoms with Crippen LogP contribution in [0.5, 0.6) is 0 Å². The van der Waals surface area contributed by atoms with E-state index < -0.39 is 0 Å². The number of hydrogen-bond acceptors (Lipinski definition) is 2. The second-order valence-electron chi connectivity index (χ2n) is 6.08. The van der Waals surface area contributed by atoms with E-state index in [1.54, 1.807) is 0 Å². The van der Waals surface area contributed by atoms with Crippen molar-refractivity contribution < 1.29 is 4.74 Å². The molecule has 1 aliphatic rings. The van der Waals surface area contributed by atoms with E-state index in [2.05, 4.69) is 59.1 Å². The smallest absolute Gasteiger partial charge is 0.158 e. The third-order valence-corrected chi connectivity index (χ3v) is 4.60. The predicted octanol–water partition coefficient (Wildman–Crippen LogP) is 4.97. The monoisotopic (exact) mass is 338 g/mol. The van der Waals surface area contributed by atoms with Crippen molar-refractivity contribution in [3.63, 3.8) is 0 Å². The Balaban J connectivity index is 1.62. The summed E-state index contributed by atoms with van der Waals surface area (Å²) in [7, 11) is 0. The minimum absolute atomic E-state index is 0.0480. The number of aryl methyl sites for hydroxylation is 1. The molecule has 24 heavy (non-hydrogen) atoms. The van der Waals surface area contributed by atoms with Gasteiger partial charge in [0.1, 0.15) is 0 Å². The van der Waals surface area contributed by atoms with Gasteiger partial charge in [-0.3, -0.25) is 0 Å². The Labute approximate surface area is 147 Å². The number of ether oxygens (including phenoxy) is 1. The lowest BCUT2D eigenvalue weighted by molar-refractivity contribution is 0.114. The summed E-state index contributed by atoms with van der Waals surface area (Å²) in [4.78, 5) is 2.30. The van der Waals surface area contributed by atoms with Crippen LogP contribution in [0.4, 0.5) is 5.69 Å². The first-order valence-electron chi connectivity index (χ1n) is 8.09. The fourth-order valence-corrected chi connectivity index (χ4v) is 3.29. The van der Waals surface area contributed by atoms with E-state index in [-0.39, 0.29) is 6.23 Å². The van der Waals surface area contributed by atoms with Crippen LogP contribution in [0.15, 0.2) is 67.0 Å². The Kier molecular flexibility index (Phi) is 4.05. The summed E-state index contributed by atoms with van der Waals surface area (Å²) >= 11 is 6.10. The van der Waals surface area contributed by atoms with Gasteiger partial charge in [-0.1, -0.05) is 35.4 Å². The summed E-state index contributed by atoms with van der Waals surface area (Å²) < 4.78 is 8.08. The Hall–Kier alpha value is -2.23. The van der Waals surface area contributed by atoms with E-state index in [4.69, 9.17) is 16.3 Å². The van der Waals surface area contributed by atoms with Crippen LogP contribution in [-0.2, 0) is 4.74 Å². The maximum absolute atomic E-state index is 6.10. The van der Waals surface area contributed by atoms with Gasteiger partial charge in [-0.25, -0.2) is 0 Å². The molecular formula is C20H19ClN2O. The van der Waals surface area contributed by atoms with Crippen LogP contribution in [0, 0.1) is 6.92 Å². The van der Waals surface area contributed by atoms with Gasteiger partial charge in [0.05, 0.1) is 6.61 Å². The number of nitrogens with zero attached hydrogens (tertiary/aromatic N) is 2. The molecule has 1 saturated heterocycles. The molecule has 122 valence electrons. The first-order chi connectivity index (χ1) is 11.7. The standard InChI is InChI=1S/C20H19ClN2O/c1-15-5-7-18(8-6-15)23-11-12-24-20(23)16-9-10-22(14-16)19-4-2-3-17(21)13-19/h2-10,13-14,20H,11-12H2,1H3. The first kappa shape index (κ1) is 15.3. The number of benzene rings is 2. The Bertz CT molecular complexity index is 841. The van der Waals surface area contributed by atoms with Crippen LogP contribution in [0.1, 0.15) is 17.4 Å². The van der Waals surface area contributed by atoms with E-state index in [9.17, 15) is 0 Å². The van der Waals surface area contributed by atoms with Crippen LogP contribution < -0.4 is 4.90 Å². The largest absolute Gasteiger partial charge is 0.352 e. The minimum Gasteiger partial charge on any atom is -0.352 e. The zero-order valence-corrected chi connectivity index (χ0v) is 14.3. The molecule has 0 bridgehead atoms. The highest BCUT2D eigenvalue weighted by atomic mass is 35.5. The predicted molar refractivity (Wildman–Crippen MR) is 98.0 cm³/mol. The summed E-state index contributed by atoms with van der Waals surface area (Å²) in [5.74, 6) is 0. The molecule has 1 atom stereocenters. The molecular weight excluding hydrogens is 320 g/mol. The second kappa shape index (κ2) is 6.34. The third kappa shape index (κ3) is 2.93. The van der Waals surface area contributed by atoms with Crippen molar-refractivity contribution in [2.75, 3.05) is 18.1 Å². The Morgan fingerprint density at radius 1 is 1.04 bits per heavy atom. The molecule has 1 aliphatic heterocycles. The number of rotatable bonds is 3. The molecule has 0 radical (unpaired) electrons. The fourth-order valence-electron chi connectivity index (χ4n) is 3.10. The number of aromatic nitrogens is 1. The summed E-state index contributed by atoms with van der Waals surface area (Å²) in [6.07, 6.45) is 4.12. The summed E-state index contributed by atoms with van der Waals surface area (Å²) in [6.45, 7) is 3.74. The highest BCUT2D eigenvalue weighted by Gasteiger charge is 2.27. The van der Waals surface area contributed by atoms with Crippen molar-refractivity contribution in [3.05, 3.63) is 83.1 Å². The topological polar surface area (TPSA) is 17.4 Å². The lowest BCUT2D eigenvalue weighted by Crippen LogP contribution is -2.22. The molecule has 1 aromatic heterocycles. The number of anilines is 1. The zero-order chi connectivity index (χ0) is 16.5. The average molecular weight is 339 g/mol. The zero-order valence-electron chi connectivity index (χ0n) is 13.5. The van der Waals surface area contributed by atoms with E-state index in [1.165, 1.54) is 11.3 Å². The van der Waals surface area contributed by atoms with Gasteiger partial charge in [-0.05, 0) is 43.3 Å². The molecule has 2 heterocycles. The maximum atomic E-state index is 6.10. The van der Waals surface area contributed by atoms with Gasteiger partial charge in [-0.2, -0.15) is 0 Å². The Morgan fingerprint density at radius 2 is 1.88 bits per heavy atom. The highest BCUT2D eigenvalue weighted by Crippen LogP contribution is 2.33. The fraction of sp³-hybridized carbons (Fsp3) is 0.200. The van der Waals surface area contributed by atoms with E-state index in [0.29, 0.717) is 0 Å². The molecule has 0 spiro atoms. The summed E-state index contributed by atoms with van der Waals surface area (Å²) in [5.41, 5.74) is 4.66. The molecule has 3 nitrogen and oxygen atoms in total. The van der Waals surface area contributed by atoms with Crippen molar-refractivity contribution >= 4 is 17.3 Å².